The van der Waals surface area contributed by atoms with E-state index in [1.54, 1.807) is 0 Å². The fourth-order valence-electron chi connectivity index (χ4n) is 6.94. The zero-order valence-electron chi connectivity index (χ0n) is 25.8. The van der Waals surface area contributed by atoms with E-state index in [9.17, 15) is 23.2 Å². The Bertz CT molecular complexity index is 1410. The molecule has 3 aliphatic rings. The monoisotopic (exact) mass is 609 g/mol. The molecular weight excluding hydrogens is 567 g/mol. The average molecular weight is 610 g/mol. The van der Waals surface area contributed by atoms with Gasteiger partial charge in [-0.2, -0.15) is 23.4 Å². The number of carbonyl (C=O) groups excluding carboxylic acids is 1. The Labute approximate surface area is 258 Å². The number of alkyl halides is 3. The number of nitrogens with one attached hydrogen (secondary N) is 1. The van der Waals surface area contributed by atoms with Gasteiger partial charge in [0, 0.05) is 45.1 Å². The maximum atomic E-state index is 13.5. The molecule has 1 N–H and O–H groups in total. The summed E-state index contributed by atoms with van der Waals surface area (Å²) in [7, 11) is 3.33. The van der Waals surface area contributed by atoms with Crippen LogP contribution in [0.25, 0.3) is 0 Å². The molecule has 0 spiro atoms. The van der Waals surface area contributed by atoms with Gasteiger partial charge in [-0.3, -0.25) is 10.1 Å². The molecule has 5 rings (SSSR count). The largest absolute Gasteiger partial charge is 0.469 e. The lowest BCUT2D eigenvalue weighted by atomic mass is 9.81. The van der Waals surface area contributed by atoms with E-state index in [4.69, 9.17) is 4.74 Å². The fraction of sp³-hybridized carbons (Fsp3) is 0.529. The number of anilines is 1. The van der Waals surface area contributed by atoms with Crippen LogP contribution < -0.4 is 10.2 Å². The Morgan fingerprint density at radius 2 is 1.84 bits per heavy atom. The van der Waals surface area contributed by atoms with Crippen LogP contribution >= 0.6 is 0 Å². The summed E-state index contributed by atoms with van der Waals surface area (Å²) < 4.78 is 45.5. The Kier molecular flexibility index (Phi) is 9.86. The molecule has 44 heavy (non-hydrogen) atoms. The van der Waals surface area contributed by atoms with Crippen LogP contribution in [0.3, 0.4) is 0 Å². The molecule has 0 aromatic heterocycles. The summed E-state index contributed by atoms with van der Waals surface area (Å²) >= 11 is 0. The first-order valence-electron chi connectivity index (χ1n) is 15.6. The van der Waals surface area contributed by atoms with E-state index in [0.29, 0.717) is 18.0 Å². The standard InChI is InChI=1S/C34H42F3N5O2/c1-4-41(21-23-8-10-26(11-9-23)33(43)44-3)31-18-28-7-5-6-27(28)17-29(31)20-39-32-12-13-40(2)42(32)22-25-14-24(19-38)15-30(16-25)34(35,36)37/h12-18,23,26,32,39H,4-11,20-22H2,1-3H3/t23-,26-,32?. The second-order valence-electron chi connectivity index (χ2n) is 12.2. The van der Waals surface area contributed by atoms with E-state index < -0.39 is 11.7 Å². The number of nitrogens with zero attached hydrogens (tertiary/aromatic N) is 4. The molecule has 1 saturated carbocycles. The van der Waals surface area contributed by atoms with Crippen molar-refractivity contribution >= 4 is 11.7 Å². The predicted octanol–water partition coefficient (Wildman–Crippen LogP) is 6.16. The van der Waals surface area contributed by atoms with Crippen molar-refractivity contribution in [1.29, 1.82) is 5.26 Å². The van der Waals surface area contributed by atoms with Crippen molar-refractivity contribution in [3.8, 4) is 6.07 Å². The summed E-state index contributed by atoms with van der Waals surface area (Å²) in [5.74, 6) is 0.425. The zero-order chi connectivity index (χ0) is 31.4. The van der Waals surface area contributed by atoms with Gasteiger partial charge in [0.2, 0.25) is 0 Å². The van der Waals surface area contributed by atoms with Crippen molar-refractivity contribution in [3.05, 3.63) is 76.0 Å². The molecule has 2 aliphatic carbocycles. The Morgan fingerprint density at radius 3 is 2.50 bits per heavy atom. The first-order valence-corrected chi connectivity index (χ1v) is 15.6. The normalized spacial score (nSPS) is 21.8. The first-order chi connectivity index (χ1) is 21.1. The van der Waals surface area contributed by atoms with Crippen molar-refractivity contribution in [1.82, 2.24) is 15.3 Å². The molecule has 0 bridgehead atoms. The van der Waals surface area contributed by atoms with E-state index in [1.165, 1.54) is 35.6 Å². The van der Waals surface area contributed by atoms with Crippen LogP contribution in [0, 0.1) is 23.2 Å². The maximum absolute atomic E-state index is 13.5. The van der Waals surface area contributed by atoms with Crippen molar-refractivity contribution < 1.29 is 22.7 Å². The number of hydrogen-bond acceptors (Lipinski definition) is 7. The molecule has 1 aliphatic heterocycles. The van der Waals surface area contributed by atoms with Gasteiger partial charge in [-0.1, -0.05) is 6.07 Å². The summed E-state index contributed by atoms with van der Waals surface area (Å²) in [5.41, 5.74) is 4.86. The van der Waals surface area contributed by atoms with E-state index in [2.05, 4.69) is 29.3 Å². The Hall–Kier alpha value is -3.55. The molecule has 2 aromatic rings. The van der Waals surface area contributed by atoms with Crippen LogP contribution in [0.1, 0.15) is 72.4 Å². The topological polar surface area (TPSA) is 71.8 Å². The number of halogens is 3. The van der Waals surface area contributed by atoms with Gasteiger partial charge >= 0.3 is 12.1 Å². The summed E-state index contributed by atoms with van der Waals surface area (Å²) in [4.78, 5) is 14.5. The Morgan fingerprint density at radius 1 is 1.11 bits per heavy atom. The van der Waals surface area contributed by atoms with Gasteiger partial charge in [0.1, 0.15) is 0 Å². The number of fused-ring (bicyclic) bond motifs is 1. The maximum Gasteiger partial charge on any atom is 0.416 e. The third kappa shape index (κ3) is 7.22. The predicted molar refractivity (Wildman–Crippen MR) is 163 cm³/mol. The third-order valence-electron chi connectivity index (χ3n) is 9.38. The summed E-state index contributed by atoms with van der Waals surface area (Å²) in [6.07, 6.45) is 6.21. The lowest BCUT2D eigenvalue weighted by molar-refractivity contribution is -0.146. The molecule has 7 nitrogen and oxygen atoms in total. The SMILES string of the molecule is CCN(C[C@H]1CC[C@H](C(=O)OC)CC1)c1cc2c(cc1CNC1C=CN(C)N1Cc1cc(C#N)cc(C(F)(F)F)c1)CCC2. The molecule has 1 unspecified atom stereocenters. The van der Waals surface area contributed by atoms with Gasteiger partial charge in [0.05, 0.1) is 36.4 Å². The van der Waals surface area contributed by atoms with Crippen molar-refractivity contribution in [2.75, 3.05) is 32.1 Å². The average Bonchev–Trinajstić information content (AvgIpc) is 3.63. The molecule has 2 aromatic carbocycles. The zero-order valence-corrected chi connectivity index (χ0v) is 25.8. The molecule has 10 heteroatoms. The minimum atomic E-state index is -4.52. The summed E-state index contributed by atoms with van der Waals surface area (Å²) in [6.45, 7) is 4.81. The molecule has 1 atom stereocenters. The van der Waals surface area contributed by atoms with E-state index in [1.807, 2.05) is 35.4 Å². The highest BCUT2D eigenvalue weighted by Gasteiger charge is 2.33. The van der Waals surface area contributed by atoms with Crippen LogP contribution in [0.15, 0.2) is 42.6 Å². The smallest absolute Gasteiger partial charge is 0.416 e. The van der Waals surface area contributed by atoms with Crippen LogP contribution in [0.2, 0.25) is 0 Å². The number of rotatable bonds is 10. The number of aryl methyl sites for hydroxylation is 2. The Balaban J connectivity index is 1.31. The highest BCUT2D eigenvalue weighted by Crippen LogP contribution is 2.35. The van der Waals surface area contributed by atoms with E-state index in [-0.39, 0.29) is 30.2 Å². The molecule has 1 heterocycles. The van der Waals surface area contributed by atoms with Crippen LogP contribution in [0.5, 0.6) is 0 Å². The lowest BCUT2D eigenvalue weighted by Crippen LogP contribution is -2.46. The summed E-state index contributed by atoms with van der Waals surface area (Å²) in [6, 6.07) is 10.1. The van der Waals surface area contributed by atoms with E-state index >= 15 is 0 Å². The van der Waals surface area contributed by atoms with Gasteiger partial charge in [0.25, 0.3) is 0 Å². The van der Waals surface area contributed by atoms with Gasteiger partial charge in [-0.05, 0) is 110 Å². The second-order valence-corrected chi connectivity index (χ2v) is 12.2. The molecule has 0 saturated heterocycles. The van der Waals surface area contributed by atoms with Gasteiger partial charge in [0.15, 0.2) is 0 Å². The molecular formula is C34H42F3N5O2. The highest BCUT2D eigenvalue weighted by atomic mass is 19.4. The number of hydrogen-bond donors (Lipinski definition) is 1. The molecule has 236 valence electrons. The number of benzene rings is 2. The second kappa shape index (κ2) is 13.6. The first kappa shape index (κ1) is 31.9. The van der Waals surface area contributed by atoms with Crippen molar-refractivity contribution in [3.63, 3.8) is 0 Å². The van der Waals surface area contributed by atoms with Gasteiger partial charge in [-0.25, -0.2) is 0 Å². The van der Waals surface area contributed by atoms with Crippen LogP contribution in [-0.4, -0.2) is 49.4 Å². The van der Waals surface area contributed by atoms with Gasteiger partial charge < -0.3 is 14.6 Å². The van der Waals surface area contributed by atoms with Crippen LogP contribution in [-0.2, 0) is 41.6 Å². The molecule has 0 radical (unpaired) electrons. The van der Waals surface area contributed by atoms with E-state index in [0.717, 1.165) is 70.2 Å². The van der Waals surface area contributed by atoms with Crippen molar-refractivity contribution in [2.24, 2.45) is 11.8 Å². The van der Waals surface area contributed by atoms with Crippen LogP contribution in [0.4, 0.5) is 18.9 Å². The lowest BCUT2D eigenvalue weighted by Gasteiger charge is -2.35. The summed E-state index contributed by atoms with van der Waals surface area (Å²) in [5, 5.41) is 16.8. The molecule has 0 amide bonds. The fourth-order valence-corrected chi connectivity index (χ4v) is 6.94. The quantitative estimate of drug-likeness (QED) is 0.324. The minimum absolute atomic E-state index is 0.00429. The number of methoxy groups -OCH3 is 1. The highest BCUT2D eigenvalue weighted by molar-refractivity contribution is 5.72. The number of nitriles is 1. The van der Waals surface area contributed by atoms with Crippen molar-refractivity contribution in [2.45, 2.75) is 77.3 Å². The van der Waals surface area contributed by atoms with Gasteiger partial charge in [-0.15, -0.1) is 0 Å². The number of ether oxygens (including phenoxy) is 1. The third-order valence-corrected chi connectivity index (χ3v) is 9.38. The minimum Gasteiger partial charge on any atom is -0.469 e. The molecule has 1 fully saturated rings. The number of carbonyl (C=O) groups is 1. The number of hydrazine groups is 1. The number of esters is 1.